The highest BCUT2D eigenvalue weighted by Crippen LogP contribution is 2.30. The molecule has 0 radical (unpaired) electrons. The average molecular weight is 566 g/mol. The third-order valence-corrected chi connectivity index (χ3v) is 8.91. The number of sulfonamides is 2. The maximum absolute atomic E-state index is 13.6. The van der Waals surface area contributed by atoms with Gasteiger partial charge in [-0.1, -0.05) is 23.7 Å². The van der Waals surface area contributed by atoms with Gasteiger partial charge in [0.15, 0.2) is 0 Å². The van der Waals surface area contributed by atoms with Crippen LogP contribution in [0.4, 0.5) is 10.1 Å². The molecule has 4 rings (SSSR count). The van der Waals surface area contributed by atoms with E-state index in [0.29, 0.717) is 10.6 Å². The Kier molecular flexibility index (Phi) is 7.49. The van der Waals surface area contributed by atoms with Crippen molar-refractivity contribution in [1.29, 1.82) is 0 Å². The fourth-order valence-electron chi connectivity index (χ4n) is 4.01. The zero-order valence-electron chi connectivity index (χ0n) is 19.1. The summed E-state index contributed by atoms with van der Waals surface area (Å²) in [4.78, 5) is 26.7. The molecule has 9 nitrogen and oxygen atoms in total. The van der Waals surface area contributed by atoms with Gasteiger partial charge in [0, 0.05) is 11.6 Å². The minimum atomic E-state index is -4.33. The molecule has 0 saturated carbocycles. The zero-order valence-corrected chi connectivity index (χ0v) is 21.5. The molecule has 3 aromatic rings. The summed E-state index contributed by atoms with van der Waals surface area (Å²) < 4.78 is 64.6. The van der Waals surface area contributed by atoms with Gasteiger partial charge in [-0.15, -0.1) is 0 Å². The second-order valence-corrected chi connectivity index (χ2v) is 12.2. The van der Waals surface area contributed by atoms with Crippen LogP contribution in [0.5, 0.6) is 0 Å². The molecule has 1 aliphatic rings. The minimum absolute atomic E-state index is 0.0684. The lowest BCUT2D eigenvalue weighted by Gasteiger charge is -2.27. The molecule has 1 fully saturated rings. The van der Waals surface area contributed by atoms with Crippen molar-refractivity contribution in [2.24, 2.45) is 5.14 Å². The van der Waals surface area contributed by atoms with Crippen LogP contribution < -0.4 is 10.0 Å². The number of primary sulfonamides is 1. The number of imide groups is 1. The number of nitrogens with zero attached hydrogens (tertiary/aromatic N) is 2. The molecule has 1 atom stereocenters. The van der Waals surface area contributed by atoms with Crippen molar-refractivity contribution in [3.63, 3.8) is 0 Å². The molecule has 0 aliphatic carbocycles. The van der Waals surface area contributed by atoms with Gasteiger partial charge in [0.1, 0.15) is 11.9 Å². The molecule has 0 aromatic heterocycles. The first-order chi connectivity index (χ1) is 17.4. The molecule has 37 heavy (non-hydrogen) atoms. The van der Waals surface area contributed by atoms with Gasteiger partial charge in [0.25, 0.3) is 5.91 Å². The van der Waals surface area contributed by atoms with Gasteiger partial charge in [-0.25, -0.2) is 31.3 Å². The Hall–Kier alpha value is -3.16. The molecule has 1 saturated heterocycles. The topological polar surface area (TPSA) is 135 Å². The second kappa shape index (κ2) is 10.3. The molecule has 0 spiro atoms. The van der Waals surface area contributed by atoms with Gasteiger partial charge >= 0.3 is 0 Å². The summed E-state index contributed by atoms with van der Waals surface area (Å²) >= 11 is 6.04. The summed E-state index contributed by atoms with van der Waals surface area (Å²) in [5.41, 5.74) is 0.776. The average Bonchev–Trinajstić information content (AvgIpc) is 3.12. The highest BCUT2D eigenvalue weighted by atomic mass is 35.5. The number of benzene rings is 3. The number of carbonyl (C=O) groups excluding carboxylic acids is 2. The van der Waals surface area contributed by atoms with Crippen molar-refractivity contribution in [1.82, 2.24) is 4.31 Å². The van der Waals surface area contributed by atoms with E-state index in [4.69, 9.17) is 16.7 Å². The van der Waals surface area contributed by atoms with Crippen molar-refractivity contribution in [3.8, 4) is 0 Å². The van der Waals surface area contributed by atoms with Crippen molar-refractivity contribution in [2.75, 3.05) is 11.4 Å². The van der Waals surface area contributed by atoms with E-state index >= 15 is 0 Å². The predicted octanol–water partition coefficient (Wildman–Crippen LogP) is 2.69. The molecule has 1 unspecified atom stereocenters. The lowest BCUT2D eigenvalue weighted by Crippen LogP contribution is -2.46. The van der Waals surface area contributed by atoms with Gasteiger partial charge in [0.2, 0.25) is 26.0 Å². The van der Waals surface area contributed by atoms with Crippen LogP contribution >= 0.6 is 11.6 Å². The SMILES string of the molecule is NS(=O)(=O)c1ccc(N2C(=O)CC(N(CCc3cccc(Cl)c3)S(=O)(=O)c3ccc(F)cc3)C2=O)cc1. The van der Waals surface area contributed by atoms with E-state index in [1.807, 2.05) is 0 Å². The first kappa shape index (κ1) is 26.9. The predicted molar refractivity (Wildman–Crippen MR) is 134 cm³/mol. The van der Waals surface area contributed by atoms with E-state index in [1.165, 1.54) is 12.1 Å². The largest absolute Gasteiger partial charge is 0.274 e. The molecular weight excluding hydrogens is 545 g/mol. The molecule has 2 amide bonds. The van der Waals surface area contributed by atoms with Crippen LogP contribution in [0, 0.1) is 5.82 Å². The van der Waals surface area contributed by atoms with Crippen LogP contribution in [0.2, 0.25) is 5.02 Å². The Balaban J connectivity index is 1.69. The van der Waals surface area contributed by atoms with Gasteiger partial charge in [-0.3, -0.25) is 9.59 Å². The quantitative estimate of drug-likeness (QED) is 0.417. The van der Waals surface area contributed by atoms with Gasteiger partial charge < -0.3 is 0 Å². The number of amides is 2. The summed E-state index contributed by atoms with van der Waals surface area (Å²) in [7, 11) is -8.33. The number of carbonyl (C=O) groups is 2. The second-order valence-electron chi connectivity index (χ2n) is 8.28. The maximum Gasteiger partial charge on any atom is 0.252 e. The summed E-state index contributed by atoms with van der Waals surface area (Å²) in [6.07, 6.45) is -0.256. The van der Waals surface area contributed by atoms with Crippen LogP contribution in [-0.2, 0) is 36.1 Å². The molecule has 1 aliphatic heterocycles. The maximum atomic E-state index is 13.6. The van der Waals surface area contributed by atoms with E-state index in [0.717, 1.165) is 45.6 Å². The van der Waals surface area contributed by atoms with Gasteiger partial charge in [0.05, 0.1) is 21.9 Å². The highest BCUT2D eigenvalue weighted by Gasteiger charge is 2.46. The Bertz CT molecular complexity index is 1560. The van der Waals surface area contributed by atoms with E-state index < -0.39 is 50.1 Å². The van der Waals surface area contributed by atoms with Crippen LogP contribution in [0.1, 0.15) is 12.0 Å². The lowest BCUT2D eigenvalue weighted by molar-refractivity contribution is -0.122. The van der Waals surface area contributed by atoms with Crippen molar-refractivity contribution >= 4 is 49.1 Å². The Morgan fingerprint density at radius 2 is 1.57 bits per heavy atom. The van der Waals surface area contributed by atoms with Crippen LogP contribution in [0.25, 0.3) is 0 Å². The third-order valence-electron chi connectivity index (χ3n) is 5.82. The number of anilines is 1. The van der Waals surface area contributed by atoms with Crippen molar-refractivity contribution in [2.45, 2.75) is 28.7 Å². The van der Waals surface area contributed by atoms with Gasteiger partial charge in [-0.2, -0.15) is 4.31 Å². The van der Waals surface area contributed by atoms with E-state index in [2.05, 4.69) is 0 Å². The van der Waals surface area contributed by atoms with Crippen LogP contribution in [0.3, 0.4) is 0 Å². The first-order valence-electron chi connectivity index (χ1n) is 10.9. The summed E-state index contributed by atoms with van der Waals surface area (Å²) in [6.45, 7) is -0.165. The molecular formula is C24H21ClFN3O6S2. The highest BCUT2D eigenvalue weighted by molar-refractivity contribution is 7.89. The standard InChI is InChI=1S/C24H21ClFN3O6S2/c25-17-3-1-2-16(14-17)12-13-28(37(34,35)21-8-4-18(26)5-9-21)22-15-23(30)29(24(22)31)19-6-10-20(11-7-19)36(27,32)33/h1-11,14,22H,12-13,15H2,(H2,27,32,33). The summed E-state index contributed by atoms with van der Waals surface area (Å²) in [5, 5.41) is 5.55. The molecule has 194 valence electrons. The van der Waals surface area contributed by atoms with Crippen LogP contribution in [0.15, 0.2) is 82.6 Å². The molecule has 2 N–H and O–H groups in total. The normalized spacial score (nSPS) is 16.5. The van der Waals surface area contributed by atoms with Crippen molar-refractivity contribution in [3.05, 3.63) is 89.2 Å². The number of hydrogen-bond donors (Lipinski definition) is 1. The molecule has 0 bridgehead atoms. The fraction of sp³-hybridized carbons (Fsp3) is 0.167. The monoisotopic (exact) mass is 565 g/mol. The number of nitrogens with two attached hydrogens (primary N) is 1. The number of halogens is 2. The van der Waals surface area contributed by atoms with E-state index in [9.17, 15) is 30.8 Å². The molecule has 3 aromatic carbocycles. The minimum Gasteiger partial charge on any atom is -0.274 e. The van der Waals surface area contributed by atoms with E-state index in [1.54, 1.807) is 24.3 Å². The summed E-state index contributed by atoms with van der Waals surface area (Å²) in [6, 6.07) is 14.3. The Morgan fingerprint density at radius 3 is 2.16 bits per heavy atom. The summed E-state index contributed by atoms with van der Waals surface area (Å²) in [5.74, 6) is -2.10. The molecule has 1 heterocycles. The van der Waals surface area contributed by atoms with E-state index in [-0.39, 0.29) is 28.4 Å². The van der Waals surface area contributed by atoms with Crippen LogP contribution in [-0.4, -0.2) is 45.5 Å². The smallest absolute Gasteiger partial charge is 0.252 e. The number of rotatable bonds is 8. The first-order valence-corrected chi connectivity index (χ1v) is 14.3. The molecule has 13 heteroatoms. The Morgan fingerprint density at radius 1 is 0.946 bits per heavy atom. The lowest BCUT2D eigenvalue weighted by atomic mass is 10.1. The Labute approximate surface area is 218 Å². The van der Waals surface area contributed by atoms with Crippen molar-refractivity contribution < 1.29 is 30.8 Å². The third kappa shape index (κ3) is 5.73. The number of hydrogen-bond acceptors (Lipinski definition) is 6. The van der Waals surface area contributed by atoms with Gasteiger partial charge in [-0.05, 0) is 72.6 Å². The zero-order chi connectivity index (χ0) is 27.0. The fourth-order valence-corrected chi connectivity index (χ4v) is 6.32.